The molecule has 0 spiro atoms. The van der Waals surface area contributed by atoms with E-state index in [1.54, 1.807) is 0 Å². The number of hydrogen-bond donors (Lipinski definition) is 1. The van der Waals surface area contributed by atoms with Gasteiger partial charge < -0.3 is 10.2 Å². The predicted octanol–water partition coefficient (Wildman–Crippen LogP) is 2.50. The van der Waals surface area contributed by atoms with Gasteiger partial charge >= 0.3 is 0 Å². The molecule has 1 atom stereocenters. The van der Waals surface area contributed by atoms with Crippen molar-refractivity contribution in [3.8, 4) is 0 Å². The molecular formula is C13H28N2. The van der Waals surface area contributed by atoms with Crippen molar-refractivity contribution < 1.29 is 0 Å². The molecule has 1 aliphatic rings. The van der Waals surface area contributed by atoms with Crippen LogP contribution >= 0.6 is 0 Å². The Morgan fingerprint density at radius 1 is 1.07 bits per heavy atom. The van der Waals surface area contributed by atoms with Gasteiger partial charge in [0.2, 0.25) is 0 Å². The minimum absolute atomic E-state index is 0.664. The highest BCUT2D eigenvalue weighted by Crippen LogP contribution is 2.08. The molecule has 1 saturated heterocycles. The molecule has 0 radical (unpaired) electrons. The van der Waals surface area contributed by atoms with E-state index in [0.717, 1.165) is 5.92 Å². The van der Waals surface area contributed by atoms with Crippen molar-refractivity contribution in [3.05, 3.63) is 0 Å². The topological polar surface area (TPSA) is 15.3 Å². The summed E-state index contributed by atoms with van der Waals surface area (Å²) < 4.78 is 0. The van der Waals surface area contributed by atoms with Gasteiger partial charge in [0.1, 0.15) is 0 Å². The Kier molecular flexibility index (Phi) is 6.26. The zero-order chi connectivity index (χ0) is 11.1. The molecule has 1 heterocycles. The molecule has 0 bridgehead atoms. The van der Waals surface area contributed by atoms with Crippen molar-refractivity contribution in [1.82, 2.24) is 10.2 Å². The van der Waals surface area contributed by atoms with Crippen LogP contribution < -0.4 is 5.32 Å². The minimum atomic E-state index is 0.664. The zero-order valence-corrected chi connectivity index (χ0v) is 10.8. The molecule has 0 aromatic rings. The van der Waals surface area contributed by atoms with Crippen LogP contribution in [-0.2, 0) is 0 Å². The summed E-state index contributed by atoms with van der Waals surface area (Å²) in [4.78, 5) is 2.60. The first kappa shape index (κ1) is 13.0. The first-order valence-corrected chi connectivity index (χ1v) is 6.66. The zero-order valence-electron chi connectivity index (χ0n) is 10.8. The fourth-order valence-electron chi connectivity index (χ4n) is 2.03. The van der Waals surface area contributed by atoms with E-state index < -0.39 is 0 Å². The van der Waals surface area contributed by atoms with Crippen LogP contribution in [0.2, 0.25) is 0 Å². The van der Waals surface area contributed by atoms with E-state index in [0.29, 0.717) is 6.04 Å². The molecule has 1 fully saturated rings. The average Bonchev–Trinajstić information content (AvgIpc) is 2.69. The molecule has 2 nitrogen and oxygen atoms in total. The second kappa shape index (κ2) is 7.24. The van der Waals surface area contributed by atoms with Gasteiger partial charge in [0.05, 0.1) is 0 Å². The van der Waals surface area contributed by atoms with Crippen LogP contribution in [0.25, 0.3) is 0 Å². The molecule has 0 aliphatic carbocycles. The lowest BCUT2D eigenvalue weighted by molar-refractivity contribution is 0.325. The quantitative estimate of drug-likeness (QED) is 0.652. The number of unbranched alkanes of at least 4 members (excludes halogenated alkanes) is 1. The lowest BCUT2D eigenvalue weighted by Gasteiger charge is -2.18. The summed E-state index contributed by atoms with van der Waals surface area (Å²) >= 11 is 0. The van der Waals surface area contributed by atoms with E-state index in [4.69, 9.17) is 0 Å². The number of nitrogens with zero attached hydrogens (tertiary/aromatic N) is 1. The lowest BCUT2D eigenvalue weighted by Crippen LogP contribution is -2.32. The van der Waals surface area contributed by atoms with Gasteiger partial charge in [-0.25, -0.2) is 0 Å². The van der Waals surface area contributed by atoms with Crippen LogP contribution in [0.15, 0.2) is 0 Å². The summed E-state index contributed by atoms with van der Waals surface area (Å²) in [5.74, 6) is 0.753. The summed E-state index contributed by atoms with van der Waals surface area (Å²) in [5, 5.41) is 3.59. The van der Waals surface area contributed by atoms with Gasteiger partial charge in [-0.05, 0) is 64.7 Å². The molecule has 0 aromatic heterocycles. The lowest BCUT2D eigenvalue weighted by atomic mass is 10.1. The Bertz CT molecular complexity index is 147. The Labute approximate surface area is 95.4 Å². The number of likely N-dealkylation sites (tertiary alicyclic amines) is 1. The van der Waals surface area contributed by atoms with Crippen LogP contribution in [-0.4, -0.2) is 37.1 Å². The molecule has 1 N–H and O–H groups in total. The van der Waals surface area contributed by atoms with Gasteiger partial charge in [0, 0.05) is 6.04 Å². The maximum absolute atomic E-state index is 3.59. The summed E-state index contributed by atoms with van der Waals surface area (Å²) in [6.45, 7) is 12.0. The number of rotatable bonds is 7. The third-order valence-corrected chi connectivity index (χ3v) is 3.57. The third kappa shape index (κ3) is 5.53. The fourth-order valence-corrected chi connectivity index (χ4v) is 2.03. The van der Waals surface area contributed by atoms with E-state index in [1.807, 2.05) is 0 Å². The van der Waals surface area contributed by atoms with E-state index in [9.17, 15) is 0 Å². The van der Waals surface area contributed by atoms with Crippen molar-refractivity contribution in [3.63, 3.8) is 0 Å². The monoisotopic (exact) mass is 212 g/mol. The smallest absolute Gasteiger partial charge is 0.00617 e. The molecular weight excluding hydrogens is 184 g/mol. The standard InChI is InChI=1S/C13H28N2/c1-12(2)13(3)14-8-4-5-9-15-10-6-7-11-15/h12-14H,4-11H2,1-3H3. The van der Waals surface area contributed by atoms with Crippen LogP contribution in [0.5, 0.6) is 0 Å². The molecule has 2 heteroatoms. The second-order valence-electron chi connectivity index (χ2n) is 5.24. The average molecular weight is 212 g/mol. The molecule has 15 heavy (non-hydrogen) atoms. The van der Waals surface area contributed by atoms with Crippen molar-refractivity contribution in [2.75, 3.05) is 26.2 Å². The first-order chi connectivity index (χ1) is 7.20. The largest absolute Gasteiger partial charge is 0.314 e. The van der Waals surface area contributed by atoms with Crippen LogP contribution in [0.3, 0.4) is 0 Å². The Morgan fingerprint density at radius 3 is 2.33 bits per heavy atom. The maximum Gasteiger partial charge on any atom is 0.00617 e. The van der Waals surface area contributed by atoms with Gasteiger partial charge in [-0.3, -0.25) is 0 Å². The predicted molar refractivity (Wildman–Crippen MR) is 67.2 cm³/mol. The highest BCUT2D eigenvalue weighted by molar-refractivity contribution is 4.67. The SMILES string of the molecule is CC(C)C(C)NCCCCN1CCCC1. The van der Waals surface area contributed by atoms with Crippen molar-refractivity contribution in [1.29, 1.82) is 0 Å². The van der Waals surface area contributed by atoms with Crippen LogP contribution in [0, 0.1) is 5.92 Å². The second-order valence-corrected chi connectivity index (χ2v) is 5.24. The number of hydrogen-bond acceptors (Lipinski definition) is 2. The molecule has 0 aromatic carbocycles. The summed E-state index contributed by atoms with van der Waals surface area (Å²) in [7, 11) is 0. The van der Waals surface area contributed by atoms with E-state index in [1.165, 1.54) is 51.9 Å². The normalized spacial score (nSPS) is 20.0. The van der Waals surface area contributed by atoms with Gasteiger partial charge in [0.15, 0.2) is 0 Å². The van der Waals surface area contributed by atoms with E-state index in [2.05, 4.69) is 31.0 Å². The summed E-state index contributed by atoms with van der Waals surface area (Å²) in [5.41, 5.74) is 0. The van der Waals surface area contributed by atoms with E-state index in [-0.39, 0.29) is 0 Å². The van der Waals surface area contributed by atoms with Gasteiger partial charge in [-0.2, -0.15) is 0 Å². The van der Waals surface area contributed by atoms with Crippen molar-refractivity contribution in [2.24, 2.45) is 5.92 Å². The van der Waals surface area contributed by atoms with Gasteiger partial charge in [-0.1, -0.05) is 13.8 Å². The fraction of sp³-hybridized carbons (Fsp3) is 1.00. The van der Waals surface area contributed by atoms with Crippen LogP contribution in [0.4, 0.5) is 0 Å². The molecule has 1 rings (SSSR count). The van der Waals surface area contributed by atoms with E-state index >= 15 is 0 Å². The Morgan fingerprint density at radius 2 is 1.73 bits per heavy atom. The molecule has 0 saturated carbocycles. The highest BCUT2D eigenvalue weighted by Gasteiger charge is 2.10. The molecule has 1 unspecified atom stereocenters. The highest BCUT2D eigenvalue weighted by atomic mass is 15.1. The molecule has 90 valence electrons. The van der Waals surface area contributed by atoms with Crippen molar-refractivity contribution >= 4 is 0 Å². The minimum Gasteiger partial charge on any atom is -0.314 e. The third-order valence-electron chi connectivity index (χ3n) is 3.57. The molecule has 0 amide bonds. The van der Waals surface area contributed by atoms with Crippen molar-refractivity contribution in [2.45, 2.75) is 52.5 Å². The van der Waals surface area contributed by atoms with Crippen LogP contribution in [0.1, 0.15) is 46.5 Å². The van der Waals surface area contributed by atoms with Gasteiger partial charge in [0.25, 0.3) is 0 Å². The Balaban J connectivity index is 1.88. The molecule has 1 aliphatic heterocycles. The summed E-state index contributed by atoms with van der Waals surface area (Å²) in [6, 6.07) is 0.664. The summed E-state index contributed by atoms with van der Waals surface area (Å²) in [6.07, 6.45) is 5.52. The Hall–Kier alpha value is -0.0800. The first-order valence-electron chi connectivity index (χ1n) is 6.66. The number of nitrogens with one attached hydrogen (secondary N) is 1. The maximum atomic E-state index is 3.59. The van der Waals surface area contributed by atoms with Gasteiger partial charge in [-0.15, -0.1) is 0 Å².